The van der Waals surface area contributed by atoms with Crippen molar-refractivity contribution in [2.24, 2.45) is 11.8 Å². The Morgan fingerprint density at radius 1 is 1.32 bits per heavy atom. The minimum absolute atomic E-state index is 0. The molecule has 2 aliphatic rings. The number of rotatable bonds is 4. The van der Waals surface area contributed by atoms with E-state index >= 15 is 0 Å². The Morgan fingerprint density at radius 3 is 2.63 bits per heavy atom. The van der Waals surface area contributed by atoms with Crippen molar-refractivity contribution in [2.75, 3.05) is 26.2 Å². The van der Waals surface area contributed by atoms with Gasteiger partial charge in [-0.2, -0.15) is 0 Å². The number of hydrogen-bond acceptors (Lipinski definition) is 4. The van der Waals surface area contributed by atoms with Gasteiger partial charge in [-0.25, -0.2) is 4.98 Å². The average molecular weight is 324 g/mol. The molecule has 1 aromatic rings. The minimum Gasteiger partial charge on any atom is -0.316 e. The summed E-state index contributed by atoms with van der Waals surface area (Å²) in [5.74, 6) is 1.78. The molecule has 19 heavy (non-hydrogen) atoms. The highest BCUT2D eigenvalue weighted by Gasteiger charge is 2.35. The van der Waals surface area contributed by atoms with Crippen LogP contribution in [0.25, 0.3) is 0 Å². The Balaban J connectivity index is 0.000000902. The lowest BCUT2D eigenvalue weighted by Crippen LogP contribution is -2.25. The summed E-state index contributed by atoms with van der Waals surface area (Å²) in [5, 5.41) is 7.05. The normalized spacial score (nSPS) is 25.7. The van der Waals surface area contributed by atoms with Gasteiger partial charge in [0.15, 0.2) is 0 Å². The maximum Gasteiger partial charge on any atom is 0.0928 e. The Morgan fingerprint density at radius 2 is 2.00 bits per heavy atom. The van der Waals surface area contributed by atoms with Gasteiger partial charge in [0.2, 0.25) is 0 Å². The van der Waals surface area contributed by atoms with Crippen LogP contribution in [0.4, 0.5) is 0 Å². The lowest BCUT2D eigenvalue weighted by Gasteiger charge is -2.15. The van der Waals surface area contributed by atoms with Crippen LogP contribution in [-0.4, -0.2) is 36.1 Å². The summed E-state index contributed by atoms with van der Waals surface area (Å²) in [6, 6.07) is 0. The van der Waals surface area contributed by atoms with E-state index in [0.717, 1.165) is 24.8 Å². The smallest absolute Gasteiger partial charge is 0.0928 e. The lowest BCUT2D eigenvalue weighted by molar-refractivity contribution is 0.302. The van der Waals surface area contributed by atoms with Crippen molar-refractivity contribution in [2.45, 2.75) is 26.3 Å². The third-order valence-corrected chi connectivity index (χ3v) is 4.87. The molecule has 0 amide bonds. The van der Waals surface area contributed by atoms with Crippen LogP contribution >= 0.6 is 36.2 Å². The molecule has 3 rings (SSSR count). The maximum absolute atomic E-state index is 4.72. The molecule has 0 saturated carbocycles. The second-order valence-electron chi connectivity index (χ2n) is 5.36. The molecule has 0 aliphatic carbocycles. The van der Waals surface area contributed by atoms with E-state index < -0.39 is 0 Å². The molecule has 0 spiro atoms. The van der Waals surface area contributed by atoms with E-state index in [1.165, 1.54) is 43.3 Å². The average Bonchev–Trinajstić information content (AvgIpc) is 2.95. The van der Waals surface area contributed by atoms with E-state index in [2.05, 4.69) is 22.5 Å². The van der Waals surface area contributed by atoms with Gasteiger partial charge in [0.1, 0.15) is 0 Å². The van der Waals surface area contributed by atoms with Gasteiger partial charge in [-0.1, -0.05) is 6.92 Å². The van der Waals surface area contributed by atoms with Crippen molar-refractivity contribution in [3.63, 3.8) is 0 Å². The summed E-state index contributed by atoms with van der Waals surface area (Å²) in [6.45, 7) is 8.25. The lowest BCUT2D eigenvalue weighted by atomic mass is 10.0. The molecule has 0 aromatic carbocycles. The highest BCUT2D eigenvalue weighted by Crippen LogP contribution is 2.27. The third-order valence-electron chi connectivity index (χ3n) is 3.91. The summed E-state index contributed by atoms with van der Waals surface area (Å²) in [6.07, 6.45) is 2.34. The Kier molecular flexibility index (Phi) is 7.05. The van der Waals surface area contributed by atoms with E-state index in [4.69, 9.17) is 4.98 Å². The molecular formula is C13H23Cl2N3S. The number of halogens is 2. The Bertz CT molecular complexity index is 374. The number of likely N-dealkylation sites (tertiary alicyclic amines) is 1. The molecule has 0 unspecified atom stereocenters. The fourth-order valence-corrected chi connectivity index (χ4v) is 3.95. The molecule has 1 aromatic heterocycles. The zero-order chi connectivity index (χ0) is 11.7. The largest absolute Gasteiger partial charge is 0.316 e. The SMILES string of the molecule is CCCc1nc(CN2C[C@H]3CNC[C@H]3C2)cs1.Cl.Cl. The summed E-state index contributed by atoms with van der Waals surface area (Å²) >= 11 is 1.83. The first-order chi connectivity index (χ1) is 8.35. The number of hydrogen-bond donors (Lipinski definition) is 1. The monoisotopic (exact) mass is 323 g/mol. The number of aryl methyl sites for hydroxylation is 1. The van der Waals surface area contributed by atoms with Crippen molar-refractivity contribution in [3.8, 4) is 0 Å². The molecule has 2 fully saturated rings. The van der Waals surface area contributed by atoms with Crippen molar-refractivity contribution in [1.82, 2.24) is 15.2 Å². The fourth-order valence-electron chi connectivity index (χ4n) is 3.06. The van der Waals surface area contributed by atoms with Crippen molar-refractivity contribution in [1.29, 1.82) is 0 Å². The van der Waals surface area contributed by atoms with Gasteiger partial charge < -0.3 is 5.32 Å². The van der Waals surface area contributed by atoms with Gasteiger partial charge in [-0.05, 0) is 37.8 Å². The van der Waals surface area contributed by atoms with E-state index in [9.17, 15) is 0 Å². The molecule has 0 bridgehead atoms. The van der Waals surface area contributed by atoms with Crippen LogP contribution in [0.2, 0.25) is 0 Å². The number of aromatic nitrogens is 1. The Labute approximate surface area is 132 Å². The molecule has 6 heteroatoms. The summed E-state index contributed by atoms with van der Waals surface area (Å²) in [7, 11) is 0. The standard InChI is InChI=1S/C13H21N3S.2ClH/c1-2-3-13-15-12(9-17-13)8-16-6-10-4-14-5-11(10)7-16;;/h9-11,14H,2-8H2,1H3;2*1H/t10-,11+;;. The van der Waals surface area contributed by atoms with E-state index in [1.807, 2.05) is 11.3 Å². The van der Waals surface area contributed by atoms with Gasteiger partial charge in [0.25, 0.3) is 0 Å². The Hall–Kier alpha value is 0.130. The predicted octanol–water partition coefficient (Wildman–Crippen LogP) is 2.59. The van der Waals surface area contributed by atoms with Crippen LogP contribution in [0.5, 0.6) is 0 Å². The number of nitrogens with zero attached hydrogens (tertiary/aromatic N) is 2. The van der Waals surface area contributed by atoms with E-state index in [-0.39, 0.29) is 24.8 Å². The zero-order valence-electron chi connectivity index (χ0n) is 11.3. The van der Waals surface area contributed by atoms with Crippen LogP contribution < -0.4 is 5.32 Å². The first-order valence-corrected chi connectivity index (χ1v) is 7.59. The van der Waals surface area contributed by atoms with Gasteiger partial charge in [0, 0.05) is 25.0 Å². The number of nitrogens with one attached hydrogen (secondary N) is 1. The molecule has 3 nitrogen and oxygen atoms in total. The first-order valence-electron chi connectivity index (χ1n) is 6.71. The van der Waals surface area contributed by atoms with Crippen molar-refractivity contribution >= 4 is 36.2 Å². The van der Waals surface area contributed by atoms with Gasteiger partial charge in [-0.3, -0.25) is 4.90 Å². The van der Waals surface area contributed by atoms with Gasteiger partial charge in [-0.15, -0.1) is 36.2 Å². The van der Waals surface area contributed by atoms with Crippen molar-refractivity contribution < 1.29 is 0 Å². The molecule has 2 aliphatic heterocycles. The van der Waals surface area contributed by atoms with E-state index in [0.29, 0.717) is 0 Å². The molecule has 0 radical (unpaired) electrons. The highest BCUT2D eigenvalue weighted by atomic mass is 35.5. The van der Waals surface area contributed by atoms with Crippen LogP contribution in [0.15, 0.2) is 5.38 Å². The molecule has 3 heterocycles. The summed E-state index contributed by atoms with van der Waals surface area (Å²) < 4.78 is 0. The number of fused-ring (bicyclic) bond motifs is 1. The second-order valence-corrected chi connectivity index (χ2v) is 6.30. The second kappa shape index (κ2) is 7.79. The highest BCUT2D eigenvalue weighted by molar-refractivity contribution is 7.09. The quantitative estimate of drug-likeness (QED) is 0.923. The first kappa shape index (κ1) is 17.2. The molecule has 2 atom stereocenters. The van der Waals surface area contributed by atoms with E-state index in [1.54, 1.807) is 0 Å². The van der Waals surface area contributed by atoms with Gasteiger partial charge in [0.05, 0.1) is 10.7 Å². The topological polar surface area (TPSA) is 28.2 Å². The van der Waals surface area contributed by atoms with Crippen LogP contribution in [0.1, 0.15) is 24.0 Å². The van der Waals surface area contributed by atoms with Crippen molar-refractivity contribution in [3.05, 3.63) is 16.1 Å². The summed E-state index contributed by atoms with van der Waals surface area (Å²) in [5.41, 5.74) is 1.28. The maximum atomic E-state index is 4.72. The molecule has 110 valence electrons. The molecule has 1 N–H and O–H groups in total. The fraction of sp³-hybridized carbons (Fsp3) is 0.769. The summed E-state index contributed by atoms with van der Waals surface area (Å²) in [4.78, 5) is 7.30. The third kappa shape index (κ3) is 4.05. The van der Waals surface area contributed by atoms with Crippen LogP contribution in [0, 0.1) is 11.8 Å². The van der Waals surface area contributed by atoms with Gasteiger partial charge >= 0.3 is 0 Å². The zero-order valence-corrected chi connectivity index (χ0v) is 13.8. The predicted molar refractivity (Wildman–Crippen MR) is 85.7 cm³/mol. The van der Waals surface area contributed by atoms with Crippen LogP contribution in [0.3, 0.4) is 0 Å². The minimum atomic E-state index is 0. The van der Waals surface area contributed by atoms with Crippen LogP contribution in [-0.2, 0) is 13.0 Å². The molecular weight excluding hydrogens is 301 g/mol. The molecule has 2 saturated heterocycles. The number of thiazole rings is 1.